The fourth-order valence-corrected chi connectivity index (χ4v) is 0. The van der Waals surface area contributed by atoms with E-state index in [1.54, 1.807) is 0 Å². The third-order valence-electron chi connectivity index (χ3n) is 0.127. The number of rotatable bonds is 1. The second kappa shape index (κ2) is 2.08. The summed E-state index contributed by atoms with van der Waals surface area (Å²) < 4.78 is 6.42. The lowest BCUT2D eigenvalue weighted by molar-refractivity contribution is -0.115. The van der Waals surface area contributed by atoms with Gasteiger partial charge in [0, 0.05) is 1.37 Å². The van der Waals surface area contributed by atoms with Crippen LogP contribution in [-0.2, 0) is 4.79 Å². The van der Waals surface area contributed by atoms with E-state index in [-0.39, 0.29) is 0 Å². The Balaban J connectivity index is 3.26. The molecule has 30 valence electrons. The molecule has 2 nitrogen and oxygen atoms in total. The van der Waals surface area contributed by atoms with Crippen LogP contribution < -0.4 is 5.73 Å². The molecule has 0 aromatic rings. The Hall–Kier alpha value is -0.180. The molecule has 0 aliphatic rings. The fraction of sp³-hybridized carbons (Fsp3) is 0.500. The van der Waals surface area contributed by atoms with Gasteiger partial charge in [0.2, 0.25) is 5.91 Å². The van der Waals surface area contributed by atoms with Crippen LogP contribution in [0.1, 0.15) is 1.37 Å². The Labute approximate surface area is 37.2 Å². The minimum Gasteiger partial charge on any atom is -0.369 e. The SMILES string of the molecule is [2H]C(S)C(N)=O. The van der Waals surface area contributed by atoms with Crippen LogP contribution in [0.4, 0.5) is 0 Å². The van der Waals surface area contributed by atoms with Crippen molar-refractivity contribution in [3.05, 3.63) is 0 Å². The number of carbonyl (C=O) groups excluding carboxylic acids is 1. The predicted molar refractivity (Wildman–Crippen MR) is 23.0 cm³/mol. The number of hydrogen-bond donors (Lipinski definition) is 2. The zero-order valence-corrected chi connectivity index (χ0v) is 3.40. The van der Waals surface area contributed by atoms with Crippen LogP contribution in [0.5, 0.6) is 0 Å². The monoisotopic (exact) mass is 92.0 g/mol. The van der Waals surface area contributed by atoms with Crippen LogP contribution in [0.3, 0.4) is 0 Å². The number of carbonyl (C=O) groups is 1. The molecule has 0 bridgehead atoms. The summed E-state index contributed by atoms with van der Waals surface area (Å²) in [5.74, 6) is -0.710. The second-order valence-electron chi connectivity index (χ2n) is 0.531. The van der Waals surface area contributed by atoms with Gasteiger partial charge >= 0.3 is 0 Å². The van der Waals surface area contributed by atoms with Gasteiger partial charge in [0.05, 0.1) is 5.73 Å². The molecule has 1 atom stereocenters. The third-order valence-corrected chi connectivity index (χ3v) is 0.382. The first-order valence-electron chi connectivity index (χ1n) is 1.62. The lowest BCUT2D eigenvalue weighted by Gasteiger charge is -1.72. The van der Waals surface area contributed by atoms with Gasteiger partial charge in [0.15, 0.2) is 0 Å². The number of nitrogens with two attached hydrogens (primary N) is 1. The minimum atomic E-state index is -1.06. The van der Waals surface area contributed by atoms with E-state index in [0.29, 0.717) is 0 Å². The average molecular weight is 92.1 g/mol. The van der Waals surface area contributed by atoms with Crippen molar-refractivity contribution in [1.29, 1.82) is 0 Å². The topological polar surface area (TPSA) is 43.1 Å². The summed E-state index contributed by atoms with van der Waals surface area (Å²) in [6.07, 6.45) is 0. The Bertz CT molecular complexity index is 64.6. The van der Waals surface area contributed by atoms with Crippen molar-refractivity contribution in [2.24, 2.45) is 5.73 Å². The lowest BCUT2D eigenvalue weighted by atomic mass is 10.8. The number of thiol groups is 1. The highest BCUT2D eigenvalue weighted by atomic mass is 32.1. The highest BCUT2D eigenvalue weighted by Crippen LogP contribution is 1.63. The average Bonchev–Trinajstić information content (AvgIpc) is 1.36. The zero-order valence-electron chi connectivity index (χ0n) is 3.51. The normalized spacial score (nSPS) is 16.6. The first-order valence-corrected chi connectivity index (χ1v) is 1.56. The quantitative estimate of drug-likeness (QED) is 0.417. The summed E-state index contributed by atoms with van der Waals surface area (Å²) in [7, 11) is 0. The maximum atomic E-state index is 9.66. The van der Waals surface area contributed by atoms with Gasteiger partial charge in [-0.15, -0.1) is 0 Å². The summed E-state index contributed by atoms with van der Waals surface area (Å²) in [5, 5.41) is 0. The summed E-state index contributed by atoms with van der Waals surface area (Å²) in [6.45, 7) is 0. The van der Waals surface area contributed by atoms with Crippen LogP contribution in [0.25, 0.3) is 0 Å². The Morgan fingerprint density at radius 2 is 2.60 bits per heavy atom. The Kier molecular flexibility index (Phi) is 1.26. The van der Waals surface area contributed by atoms with Crippen molar-refractivity contribution in [1.82, 2.24) is 0 Å². The van der Waals surface area contributed by atoms with Crippen LogP contribution >= 0.6 is 12.6 Å². The lowest BCUT2D eigenvalue weighted by Crippen LogP contribution is -2.10. The van der Waals surface area contributed by atoms with Crippen molar-refractivity contribution in [2.75, 3.05) is 5.73 Å². The molecule has 0 rings (SSSR count). The van der Waals surface area contributed by atoms with Crippen LogP contribution in [0.2, 0.25) is 0 Å². The molecular formula is C2H5NOS. The second-order valence-corrected chi connectivity index (χ2v) is 0.790. The van der Waals surface area contributed by atoms with Gasteiger partial charge < -0.3 is 5.73 Å². The van der Waals surface area contributed by atoms with Crippen molar-refractivity contribution in [3.8, 4) is 0 Å². The van der Waals surface area contributed by atoms with Crippen LogP contribution in [-0.4, -0.2) is 11.6 Å². The molecule has 0 fully saturated rings. The van der Waals surface area contributed by atoms with Crippen molar-refractivity contribution < 1.29 is 6.17 Å². The van der Waals surface area contributed by atoms with Gasteiger partial charge in [0.1, 0.15) is 0 Å². The molecule has 0 saturated carbocycles. The predicted octanol–water partition coefficient (Wildman–Crippen LogP) is -0.599. The maximum absolute atomic E-state index is 9.66. The van der Waals surface area contributed by atoms with Crippen molar-refractivity contribution in [2.45, 2.75) is 0 Å². The van der Waals surface area contributed by atoms with Crippen LogP contribution in [0.15, 0.2) is 0 Å². The van der Waals surface area contributed by atoms with Crippen molar-refractivity contribution >= 4 is 18.5 Å². The molecule has 5 heavy (non-hydrogen) atoms. The largest absolute Gasteiger partial charge is 0.369 e. The number of primary amides is 1. The molecular weight excluding hydrogens is 86.1 g/mol. The molecule has 0 aliphatic heterocycles. The Morgan fingerprint density at radius 1 is 2.40 bits per heavy atom. The van der Waals surface area contributed by atoms with Gasteiger partial charge in [-0.2, -0.15) is 12.6 Å². The molecule has 0 saturated heterocycles. The number of hydrogen-bond acceptors (Lipinski definition) is 2. The van der Waals surface area contributed by atoms with E-state index in [2.05, 4.69) is 18.4 Å². The van der Waals surface area contributed by atoms with E-state index < -0.39 is 11.6 Å². The summed E-state index contributed by atoms with van der Waals surface area (Å²) in [4.78, 5) is 9.66. The van der Waals surface area contributed by atoms with Gasteiger partial charge in [-0.25, -0.2) is 0 Å². The molecule has 0 aliphatic carbocycles. The summed E-state index contributed by atoms with van der Waals surface area (Å²) >= 11 is 3.39. The molecule has 1 amide bonds. The van der Waals surface area contributed by atoms with Crippen LogP contribution in [0, 0.1) is 0 Å². The maximum Gasteiger partial charge on any atom is 0.227 e. The van der Waals surface area contributed by atoms with Gasteiger partial charge in [-0.3, -0.25) is 4.79 Å². The minimum absolute atomic E-state index is 0.710. The van der Waals surface area contributed by atoms with Gasteiger partial charge in [-0.05, 0) is 0 Å². The van der Waals surface area contributed by atoms with E-state index in [4.69, 9.17) is 1.37 Å². The van der Waals surface area contributed by atoms with E-state index in [1.807, 2.05) is 0 Å². The highest BCUT2D eigenvalue weighted by Gasteiger charge is 1.78. The fourth-order valence-electron chi connectivity index (χ4n) is 0. The van der Waals surface area contributed by atoms with E-state index in [1.165, 1.54) is 0 Å². The number of amides is 1. The molecule has 2 N–H and O–H groups in total. The standard InChI is InChI=1S/C2H5NOS/c3-2(4)1-5/h5H,1H2,(H2,3,4)/i1D. The third kappa shape index (κ3) is 3.82. The van der Waals surface area contributed by atoms with Gasteiger partial charge in [-0.1, -0.05) is 0 Å². The Morgan fingerprint density at radius 3 is 2.60 bits per heavy atom. The molecule has 0 radical (unpaired) electrons. The molecule has 1 unspecified atom stereocenters. The van der Waals surface area contributed by atoms with Gasteiger partial charge in [0.25, 0.3) is 0 Å². The molecule has 0 aromatic heterocycles. The molecule has 0 aromatic carbocycles. The molecule has 0 spiro atoms. The van der Waals surface area contributed by atoms with E-state index >= 15 is 0 Å². The summed E-state index contributed by atoms with van der Waals surface area (Å²) in [5.41, 5.74) is 3.47. The molecule has 3 heteroatoms. The smallest absolute Gasteiger partial charge is 0.227 e. The highest BCUT2D eigenvalue weighted by molar-refractivity contribution is 7.81. The van der Waals surface area contributed by atoms with E-state index in [0.717, 1.165) is 0 Å². The molecule has 0 heterocycles. The first kappa shape index (κ1) is 3.03. The summed E-state index contributed by atoms with van der Waals surface area (Å²) in [6, 6.07) is 0. The van der Waals surface area contributed by atoms with E-state index in [9.17, 15) is 4.79 Å². The zero-order chi connectivity index (χ0) is 5.15. The van der Waals surface area contributed by atoms with Crippen molar-refractivity contribution in [3.63, 3.8) is 0 Å². The first-order chi connectivity index (χ1) is 2.64.